The lowest BCUT2D eigenvalue weighted by Gasteiger charge is -2.38. The van der Waals surface area contributed by atoms with Crippen molar-refractivity contribution in [1.82, 2.24) is 10.6 Å². The normalized spacial score (nSPS) is 15.0. The lowest BCUT2D eigenvalue weighted by Crippen LogP contribution is -2.52. The van der Waals surface area contributed by atoms with Gasteiger partial charge >= 0.3 is 0 Å². The molecule has 42 heavy (non-hydrogen) atoms. The maximum absolute atomic E-state index is 13.9. The highest BCUT2D eigenvalue weighted by atomic mass is 32.2. The van der Waals surface area contributed by atoms with Gasteiger partial charge in [0.1, 0.15) is 9.84 Å². The van der Waals surface area contributed by atoms with Crippen LogP contribution in [0.15, 0.2) is 43.0 Å². The van der Waals surface area contributed by atoms with Crippen LogP contribution < -0.4 is 10.6 Å². The smallest absolute Gasteiger partial charge is 0.236 e. The summed E-state index contributed by atoms with van der Waals surface area (Å²) in [7, 11) is 1.10. The van der Waals surface area contributed by atoms with E-state index in [1.54, 1.807) is 19.9 Å². The molecule has 1 aromatic rings. The number of hydrogen-bond acceptors (Lipinski definition) is 6. The molecule has 0 bridgehead atoms. The second kappa shape index (κ2) is 16.0. The van der Waals surface area contributed by atoms with E-state index in [1.807, 2.05) is 44.2 Å². The zero-order valence-electron chi connectivity index (χ0n) is 26.3. The third kappa shape index (κ3) is 13.4. The SMILES string of the molecule is [C-]#[N+]C(C)(C)CC(C)(CC(C)(SC(=S)c1ccccc1)C(=O)NCCC[N+](C)(C)CCCS(C)(=O)=O)C(=O)NCC=C. The molecule has 0 heterocycles. The third-order valence-corrected chi connectivity index (χ3v) is 9.84. The Balaban J connectivity index is 3.19. The van der Waals surface area contributed by atoms with Gasteiger partial charge in [-0.1, -0.05) is 67.3 Å². The summed E-state index contributed by atoms with van der Waals surface area (Å²) in [5.41, 5.74) is -1.03. The van der Waals surface area contributed by atoms with Crippen LogP contribution in [0.1, 0.15) is 58.9 Å². The molecule has 2 N–H and O–H groups in total. The van der Waals surface area contributed by atoms with E-state index in [0.717, 1.165) is 18.7 Å². The van der Waals surface area contributed by atoms with Crippen LogP contribution in [0.2, 0.25) is 0 Å². The molecule has 2 atom stereocenters. The molecular weight excluding hydrogens is 589 g/mol. The Labute approximate surface area is 263 Å². The summed E-state index contributed by atoms with van der Waals surface area (Å²) in [5, 5.41) is 5.97. The lowest BCUT2D eigenvalue weighted by atomic mass is 9.72. The highest BCUT2D eigenvalue weighted by Crippen LogP contribution is 2.44. The summed E-state index contributed by atoms with van der Waals surface area (Å²) in [4.78, 5) is 31.2. The monoisotopic (exact) mass is 637 g/mol. The molecular formula is C31H49N4O4S3+. The quantitative estimate of drug-likeness (QED) is 0.0800. The van der Waals surface area contributed by atoms with Gasteiger partial charge in [-0.2, -0.15) is 0 Å². The van der Waals surface area contributed by atoms with Crippen molar-refractivity contribution in [3.8, 4) is 0 Å². The number of carbonyl (C=O) groups excluding carboxylic acids is 2. The van der Waals surface area contributed by atoms with Crippen molar-refractivity contribution in [2.24, 2.45) is 5.41 Å². The van der Waals surface area contributed by atoms with Gasteiger partial charge in [-0.15, -0.1) is 6.58 Å². The Morgan fingerprint density at radius 2 is 1.64 bits per heavy atom. The maximum Gasteiger partial charge on any atom is 0.236 e. The molecule has 0 radical (unpaired) electrons. The number of thiocarbonyl (C=S) groups is 1. The van der Waals surface area contributed by atoms with Gasteiger partial charge in [-0.05, 0) is 18.9 Å². The Morgan fingerprint density at radius 1 is 1.05 bits per heavy atom. The van der Waals surface area contributed by atoms with Crippen molar-refractivity contribution < 1.29 is 22.5 Å². The first-order valence-electron chi connectivity index (χ1n) is 14.1. The molecule has 0 saturated carbocycles. The van der Waals surface area contributed by atoms with Crippen molar-refractivity contribution in [3.05, 3.63) is 60.0 Å². The first-order valence-corrected chi connectivity index (χ1v) is 17.4. The number of hydrogen-bond donors (Lipinski definition) is 2. The fraction of sp³-hybridized carbons (Fsp3) is 0.613. The van der Waals surface area contributed by atoms with Crippen molar-refractivity contribution in [3.63, 3.8) is 0 Å². The number of sulfone groups is 1. The lowest BCUT2D eigenvalue weighted by molar-refractivity contribution is -0.890. The zero-order valence-corrected chi connectivity index (χ0v) is 28.7. The van der Waals surface area contributed by atoms with Gasteiger partial charge in [-0.25, -0.2) is 15.0 Å². The van der Waals surface area contributed by atoms with E-state index in [4.69, 9.17) is 18.8 Å². The number of amides is 2. The highest BCUT2D eigenvalue weighted by Gasteiger charge is 2.49. The molecule has 11 heteroatoms. The Morgan fingerprint density at radius 3 is 2.19 bits per heavy atom. The van der Waals surface area contributed by atoms with E-state index in [-0.39, 0.29) is 37.0 Å². The van der Waals surface area contributed by atoms with E-state index in [2.05, 4.69) is 36.2 Å². The summed E-state index contributed by atoms with van der Waals surface area (Å²) < 4.78 is 23.1. The zero-order chi connectivity index (χ0) is 32.2. The summed E-state index contributed by atoms with van der Waals surface area (Å²) >= 11 is 7.04. The molecule has 0 fully saturated rings. The summed E-state index contributed by atoms with van der Waals surface area (Å²) in [6.07, 6.45) is 4.55. The average molecular weight is 638 g/mol. The number of benzene rings is 1. The highest BCUT2D eigenvalue weighted by molar-refractivity contribution is 8.25. The molecule has 0 aliphatic heterocycles. The van der Waals surface area contributed by atoms with Crippen LogP contribution >= 0.6 is 24.0 Å². The summed E-state index contributed by atoms with van der Waals surface area (Å²) in [5.74, 6) is -0.305. The fourth-order valence-corrected chi connectivity index (χ4v) is 7.66. The number of thioether (sulfide) groups is 1. The molecule has 1 rings (SSSR count). The van der Waals surface area contributed by atoms with E-state index in [0.29, 0.717) is 28.1 Å². The van der Waals surface area contributed by atoms with Gasteiger partial charge in [0, 0.05) is 52.5 Å². The fourth-order valence-electron chi connectivity index (χ4n) is 5.10. The van der Waals surface area contributed by atoms with Gasteiger partial charge in [-0.3, -0.25) is 9.59 Å². The van der Waals surface area contributed by atoms with E-state index in [1.165, 1.54) is 18.0 Å². The molecule has 2 amide bonds. The Kier molecular flexibility index (Phi) is 14.4. The minimum atomic E-state index is -3.00. The van der Waals surface area contributed by atoms with Crippen LogP contribution in [0.25, 0.3) is 4.85 Å². The Hall–Kier alpha value is -2.26. The molecule has 2 unspecified atom stereocenters. The van der Waals surface area contributed by atoms with Gasteiger partial charge in [0.15, 0.2) is 0 Å². The minimum Gasteiger partial charge on any atom is -0.355 e. The van der Waals surface area contributed by atoms with Crippen LogP contribution in [-0.2, 0) is 19.4 Å². The van der Waals surface area contributed by atoms with Crippen molar-refractivity contribution in [1.29, 1.82) is 0 Å². The molecule has 1 aromatic carbocycles. The molecule has 0 spiro atoms. The summed E-state index contributed by atoms with van der Waals surface area (Å²) in [6, 6.07) is 9.48. The van der Waals surface area contributed by atoms with E-state index in [9.17, 15) is 18.0 Å². The molecule has 0 aliphatic carbocycles. The molecule has 0 aromatic heterocycles. The molecule has 0 saturated heterocycles. The first-order chi connectivity index (χ1) is 19.3. The largest absolute Gasteiger partial charge is 0.355 e. The van der Waals surface area contributed by atoms with Crippen LogP contribution in [0.3, 0.4) is 0 Å². The van der Waals surface area contributed by atoms with Crippen molar-refractivity contribution in [2.75, 3.05) is 52.3 Å². The van der Waals surface area contributed by atoms with Gasteiger partial charge in [0.2, 0.25) is 17.4 Å². The van der Waals surface area contributed by atoms with Crippen LogP contribution in [0, 0.1) is 12.0 Å². The number of carbonyl (C=O) groups is 2. The predicted molar refractivity (Wildman–Crippen MR) is 179 cm³/mol. The van der Waals surface area contributed by atoms with E-state index < -0.39 is 25.5 Å². The van der Waals surface area contributed by atoms with Gasteiger partial charge in [0.25, 0.3) is 0 Å². The topological polar surface area (TPSA) is 96.7 Å². The van der Waals surface area contributed by atoms with Crippen molar-refractivity contribution in [2.45, 2.75) is 63.7 Å². The van der Waals surface area contributed by atoms with Gasteiger partial charge in [0.05, 0.1) is 47.3 Å². The number of nitrogens with zero attached hydrogens (tertiary/aromatic N) is 2. The molecule has 234 valence electrons. The van der Waals surface area contributed by atoms with Gasteiger partial charge < -0.3 is 20.0 Å². The van der Waals surface area contributed by atoms with E-state index >= 15 is 0 Å². The van der Waals surface area contributed by atoms with Crippen LogP contribution in [0.5, 0.6) is 0 Å². The van der Waals surface area contributed by atoms with Crippen molar-refractivity contribution >= 4 is 49.8 Å². The second-order valence-corrected chi connectivity index (χ2v) is 17.2. The van der Waals surface area contributed by atoms with Crippen LogP contribution in [-0.4, -0.2) is 91.5 Å². The Bertz CT molecular complexity index is 1240. The summed E-state index contributed by atoms with van der Waals surface area (Å²) in [6.45, 7) is 20.8. The number of quaternary nitrogens is 1. The first kappa shape index (κ1) is 37.8. The standard InChI is InChI=1S/C31H48N4O4S3/c1-10-18-33-27(36)30(4,23-29(2,3)32-6)24-31(5,41-26(40)25-16-12-11-13-17-25)28(37)34-19-14-20-35(7,8)21-15-22-42(9,38)39/h10-13,16-17H,1,14-15,18-24H2,2-5,7-9H3,(H-,33,34,36,37)/p+1. The second-order valence-electron chi connectivity index (χ2n) is 12.8. The molecule has 8 nitrogen and oxygen atoms in total. The number of rotatable bonds is 18. The predicted octanol–water partition coefficient (Wildman–Crippen LogP) is 4.66. The third-order valence-electron chi connectivity index (χ3n) is 7.12. The molecule has 0 aliphatic rings. The average Bonchev–Trinajstić information content (AvgIpc) is 2.88. The number of nitrogens with one attached hydrogen (secondary N) is 2. The maximum atomic E-state index is 13.9. The van der Waals surface area contributed by atoms with Crippen LogP contribution in [0.4, 0.5) is 0 Å². The minimum absolute atomic E-state index is 0.158.